The number of ether oxygens (including phenoxy) is 1. The van der Waals surface area contributed by atoms with Gasteiger partial charge >= 0.3 is 0 Å². The molecular weight excluding hydrogens is 318 g/mol. The molecule has 0 saturated heterocycles. The van der Waals surface area contributed by atoms with Gasteiger partial charge in [-0.3, -0.25) is 0 Å². The molecule has 3 rings (SSSR count). The van der Waals surface area contributed by atoms with Gasteiger partial charge in [0.25, 0.3) is 0 Å². The minimum absolute atomic E-state index is 0.671. The van der Waals surface area contributed by atoms with Gasteiger partial charge in [0.05, 0.1) is 7.11 Å². The highest BCUT2D eigenvalue weighted by molar-refractivity contribution is 5.85. The van der Waals surface area contributed by atoms with Gasteiger partial charge < -0.3 is 9.64 Å². The summed E-state index contributed by atoms with van der Waals surface area (Å²) >= 11 is 0. The van der Waals surface area contributed by atoms with Gasteiger partial charge in [0.1, 0.15) is 5.75 Å². The summed E-state index contributed by atoms with van der Waals surface area (Å²) in [5.74, 6) is 1.60. The van der Waals surface area contributed by atoms with Crippen LogP contribution in [-0.4, -0.2) is 20.7 Å². The Morgan fingerprint density at radius 2 is 1.65 bits per heavy atom. The smallest absolute Gasteiger partial charge is 0.118 e. The van der Waals surface area contributed by atoms with E-state index in [1.165, 1.54) is 34.9 Å². The first-order valence-corrected chi connectivity index (χ1v) is 9.48. The lowest BCUT2D eigenvalue weighted by molar-refractivity contribution is 0.414. The number of hydrogen-bond donors (Lipinski definition) is 0. The van der Waals surface area contributed by atoms with Crippen molar-refractivity contribution in [2.75, 3.05) is 25.6 Å². The maximum absolute atomic E-state index is 5.22. The molecule has 0 bridgehead atoms. The Labute approximate surface area is 157 Å². The molecule has 3 aromatic rings. The number of nitrogens with zero attached hydrogens (tertiary/aromatic N) is 1. The first-order chi connectivity index (χ1) is 12.7. The molecule has 3 aromatic carbocycles. The molecule has 1 atom stereocenters. The Morgan fingerprint density at radius 3 is 2.38 bits per heavy atom. The van der Waals surface area contributed by atoms with E-state index in [1.54, 1.807) is 7.11 Å². The van der Waals surface area contributed by atoms with Gasteiger partial charge in [0, 0.05) is 19.3 Å². The number of methoxy groups -OCH3 is 1. The molecule has 26 heavy (non-hydrogen) atoms. The fourth-order valence-electron chi connectivity index (χ4n) is 3.53. The molecule has 0 N–H and O–H groups in total. The molecule has 0 saturated carbocycles. The quantitative estimate of drug-likeness (QED) is 0.500. The van der Waals surface area contributed by atoms with Crippen molar-refractivity contribution in [3.05, 3.63) is 72.3 Å². The van der Waals surface area contributed by atoms with Crippen molar-refractivity contribution in [2.45, 2.75) is 26.2 Å². The number of benzene rings is 3. The zero-order valence-corrected chi connectivity index (χ0v) is 16.1. The molecule has 1 unspecified atom stereocenters. The van der Waals surface area contributed by atoms with Crippen molar-refractivity contribution < 1.29 is 4.74 Å². The van der Waals surface area contributed by atoms with Crippen LogP contribution in [0.2, 0.25) is 0 Å². The molecule has 0 aliphatic carbocycles. The molecular formula is C24H29NO. The van der Waals surface area contributed by atoms with Crippen LogP contribution in [0.5, 0.6) is 5.75 Å². The lowest BCUT2D eigenvalue weighted by Crippen LogP contribution is -2.23. The van der Waals surface area contributed by atoms with E-state index in [2.05, 4.69) is 73.5 Å². The predicted octanol–water partition coefficient (Wildman–Crippen LogP) is 5.94. The SMILES string of the molecule is COc1ccc(CCCC(C)CN(C)c2ccc3ccccc3c2)cc1. The monoisotopic (exact) mass is 347 g/mol. The number of anilines is 1. The number of hydrogen-bond acceptors (Lipinski definition) is 2. The number of aryl methyl sites for hydroxylation is 1. The molecule has 0 fully saturated rings. The highest BCUT2D eigenvalue weighted by atomic mass is 16.5. The largest absolute Gasteiger partial charge is 0.497 e. The van der Waals surface area contributed by atoms with Crippen molar-refractivity contribution in [3.63, 3.8) is 0 Å². The number of fused-ring (bicyclic) bond motifs is 1. The molecule has 0 amide bonds. The van der Waals surface area contributed by atoms with Crippen molar-refractivity contribution in [3.8, 4) is 5.75 Å². The maximum atomic E-state index is 5.22. The van der Waals surface area contributed by atoms with Crippen molar-refractivity contribution in [1.82, 2.24) is 0 Å². The standard InChI is InChI=1S/C24H29NO/c1-19(7-6-8-20-11-15-24(26-3)16-12-20)18-25(2)23-14-13-21-9-4-5-10-22(21)17-23/h4-5,9-17,19H,6-8,18H2,1-3H3. The summed E-state index contributed by atoms with van der Waals surface area (Å²) in [4.78, 5) is 2.38. The average molecular weight is 348 g/mol. The maximum Gasteiger partial charge on any atom is 0.118 e. The molecule has 0 aliphatic rings. The molecule has 0 radical (unpaired) electrons. The summed E-state index contributed by atoms with van der Waals surface area (Å²) in [6.07, 6.45) is 3.59. The first-order valence-electron chi connectivity index (χ1n) is 9.48. The summed E-state index contributed by atoms with van der Waals surface area (Å²) in [6, 6.07) is 23.7. The van der Waals surface area contributed by atoms with E-state index in [9.17, 15) is 0 Å². The van der Waals surface area contributed by atoms with Crippen LogP contribution in [-0.2, 0) is 6.42 Å². The molecule has 0 spiro atoms. The highest BCUT2D eigenvalue weighted by Gasteiger charge is 2.08. The van der Waals surface area contributed by atoms with Gasteiger partial charge in [-0.1, -0.05) is 49.4 Å². The molecule has 0 aromatic heterocycles. The van der Waals surface area contributed by atoms with Gasteiger partial charge in [-0.25, -0.2) is 0 Å². The van der Waals surface area contributed by atoms with Gasteiger partial charge in [0.2, 0.25) is 0 Å². The van der Waals surface area contributed by atoms with Crippen LogP contribution in [0.15, 0.2) is 66.7 Å². The van der Waals surface area contributed by atoms with E-state index in [4.69, 9.17) is 4.74 Å². The van der Waals surface area contributed by atoms with Crippen molar-refractivity contribution in [2.24, 2.45) is 5.92 Å². The average Bonchev–Trinajstić information content (AvgIpc) is 2.68. The van der Waals surface area contributed by atoms with Crippen molar-refractivity contribution >= 4 is 16.5 Å². The Hall–Kier alpha value is -2.48. The van der Waals surface area contributed by atoms with Gasteiger partial charge in [0.15, 0.2) is 0 Å². The van der Waals surface area contributed by atoms with Crippen LogP contribution in [0.3, 0.4) is 0 Å². The second-order valence-corrected chi connectivity index (χ2v) is 7.26. The van der Waals surface area contributed by atoms with E-state index < -0.39 is 0 Å². The summed E-state index contributed by atoms with van der Waals surface area (Å²) in [5.41, 5.74) is 2.69. The minimum atomic E-state index is 0.671. The van der Waals surface area contributed by atoms with Crippen LogP contribution in [0, 0.1) is 5.92 Å². The third-order valence-electron chi connectivity index (χ3n) is 5.08. The third kappa shape index (κ3) is 4.78. The van der Waals surface area contributed by atoms with Crippen LogP contribution < -0.4 is 9.64 Å². The molecule has 0 aliphatic heterocycles. The molecule has 0 heterocycles. The minimum Gasteiger partial charge on any atom is -0.497 e. The lowest BCUT2D eigenvalue weighted by atomic mass is 10.00. The second kappa shape index (κ2) is 8.75. The fourth-order valence-corrected chi connectivity index (χ4v) is 3.53. The van der Waals surface area contributed by atoms with E-state index in [1.807, 2.05) is 12.1 Å². The Kier molecular flexibility index (Phi) is 6.17. The van der Waals surface area contributed by atoms with Crippen molar-refractivity contribution in [1.29, 1.82) is 0 Å². The highest BCUT2D eigenvalue weighted by Crippen LogP contribution is 2.23. The first kappa shape index (κ1) is 18.3. The summed E-state index contributed by atoms with van der Waals surface area (Å²) in [6.45, 7) is 3.44. The van der Waals surface area contributed by atoms with Gasteiger partial charge in [-0.05, 0) is 65.8 Å². The Morgan fingerprint density at radius 1 is 0.923 bits per heavy atom. The predicted molar refractivity (Wildman–Crippen MR) is 112 cm³/mol. The van der Waals surface area contributed by atoms with E-state index in [-0.39, 0.29) is 0 Å². The number of rotatable bonds is 8. The topological polar surface area (TPSA) is 12.5 Å². The van der Waals surface area contributed by atoms with Crippen LogP contribution in [0.25, 0.3) is 10.8 Å². The van der Waals surface area contributed by atoms with Crippen LogP contribution >= 0.6 is 0 Å². The van der Waals surface area contributed by atoms with E-state index in [0.717, 1.165) is 18.7 Å². The normalized spacial score (nSPS) is 12.1. The van der Waals surface area contributed by atoms with Crippen LogP contribution in [0.1, 0.15) is 25.3 Å². The molecule has 136 valence electrons. The van der Waals surface area contributed by atoms with E-state index in [0.29, 0.717) is 5.92 Å². The Bertz CT molecular complexity index is 825. The Balaban J connectivity index is 1.49. The second-order valence-electron chi connectivity index (χ2n) is 7.26. The third-order valence-corrected chi connectivity index (χ3v) is 5.08. The summed E-state index contributed by atoms with van der Waals surface area (Å²) in [7, 11) is 3.91. The summed E-state index contributed by atoms with van der Waals surface area (Å²) in [5, 5.41) is 2.61. The zero-order chi connectivity index (χ0) is 18.4. The zero-order valence-electron chi connectivity index (χ0n) is 16.1. The molecule has 2 heteroatoms. The van der Waals surface area contributed by atoms with Gasteiger partial charge in [-0.15, -0.1) is 0 Å². The van der Waals surface area contributed by atoms with Gasteiger partial charge in [-0.2, -0.15) is 0 Å². The van der Waals surface area contributed by atoms with Crippen LogP contribution in [0.4, 0.5) is 5.69 Å². The molecule has 2 nitrogen and oxygen atoms in total. The fraction of sp³-hybridized carbons (Fsp3) is 0.333. The van der Waals surface area contributed by atoms with E-state index >= 15 is 0 Å². The lowest BCUT2D eigenvalue weighted by Gasteiger charge is -2.24. The summed E-state index contributed by atoms with van der Waals surface area (Å²) < 4.78 is 5.22.